The van der Waals surface area contributed by atoms with Crippen molar-refractivity contribution in [2.24, 2.45) is 11.7 Å². The van der Waals surface area contributed by atoms with Crippen LogP contribution in [-0.4, -0.2) is 16.1 Å². The lowest BCUT2D eigenvalue weighted by Gasteiger charge is -2.14. The van der Waals surface area contributed by atoms with Crippen molar-refractivity contribution in [3.63, 3.8) is 0 Å². The summed E-state index contributed by atoms with van der Waals surface area (Å²) >= 11 is 0. The maximum Gasteiger partial charge on any atom is 0.151 e. The van der Waals surface area contributed by atoms with Gasteiger partial charge in [-0.2, -0.15) is 0 Å². The Morgan fingerprint density at radius 1 is 1.38 bits per heavy atom. The molecule has 2 N–H and O–H groups in total. The van der Waals surface area contributed by atoms with E-state index in [-0.39, 0.29) is 5.82 Å². The van der Waals surface area contributed by atoms with Crippen molar-refractivity contribution in [3.8, 4) is 0 Å². The minimum atomic E-state index is -0.206. The van der Waals surface area contributed by atoms with Crippen LogP contribution in [-0.2, 0) is 6.42 Å². The summed E-state index contributed by atoms with van der Waals surface area (Å²) in [4.78, 5) is 4.60. The van der Waals surface area contributed by atoms with Crippen LogP contribution in [0.15, 0.2) is 18.2 Å². The second-order valence-electron chi connectivity index (χ2n) is 6.13. The first-order valence-electron chi connectivity index (χ1n) is 8.10. The van der Waals surface area contributed by atoms with Crippen LogP contribution < -0.4 is 5.73 Å². The Kier molecular flexibility index (Phi) is 4.24. The summed E-state index contributed by atoms with van der Waals surface area (Å²) in [6.07, 6.45) is 6.60. The summed E-state index contributed by atoms with van der Waals surface area (Å²) < 4.78 is 16.2. The molecule has 1 heterocycles. The maximum absolute atomic E-state index is 14.0. The van der Waals surface area contributed by atoms with Crippen LogP contribution in [0, 0.1) is 11.7 Å². The molecule has 2 aromatic rings. The number of rotatable bonds is 7. The lowest BCUT2D eigenvalue weighted by Crippen LogP contribution is -2.10. The molecule has 1 aromatic heterocycles. The number of para-hydroxylation sites is 1. The van der Waals surface area contributed by atoms with E-state index in [1.165, 1.54) is 18.9 Å². The average Bonchev–Trinajstić information content (AvgIpc) is 3.25. The minimum Gasteiger partial charge on any atom is -0.330 e. The van der Waals surface area contributed by atoms with Crippen LogP contribution in [0.2, 0.25) is 0 Å². The predicted octanol–water partition coefficient (Wildman–Crippen LogP) is 3.82. The van der Waals surface area contributed by atoms with Gasteiger partial charge >= 0.3 is 0 Å². The molecule has 3 rings (SSSR count). The summed E-state index contributed by atoms with van der Waals surface area (Å²) in [5.41, 5.74) is 7.16. The van der Waals surface area contributed by atoms with E-state index in [1.807, 2.05) is 6.07 Å². The van der Waals surface area contributed by atoms with Crippen molar-refractivity contribution < 1.29 is 4.39 Å². The zero-order chi connectivity index (χ0) is 14.8. The molecular formula is C17H24FN3. The molecule has 1 atom stereocenters. The van der Waals surface area contributed by atoms with Gasteiger partial charge in [0.15, 0.2) is 5.82 Å². The van der Waals surface area contributed by atoms with Crippen molar-refractivity contribution in [3.05, 3.63) is 29.8 Å². The fourth-order valence-electron chi connectivity index (χ4n) is 3.17. The molecule has 4 heteroatoms. The molecule has 0 amide bonds. The van der Waals surface area contributed by atoms with Crippen LogP contribution in [0.5, 0.6) is 0 Å². The quantitative estimate of drug-likeness (QED) is 0.842. The van der Waals surface area contributed by atoms with E-state index in [2.05, 4.69) is 16.5 Å². The van der Waals surface area contributed by atoms with Gasteiger partial charge in [0.25, 0.3) is 0 Å². The Bertz CT molecular complexity index is 616. The highest BCUT2D eigenvalue weighted by Gasteiger charge is 2.28. The normalized spacial score (nSPS) is 16.5. The molecule has 0 bridgehead atoms. The van der Waals surface area contributed by atoms with E-state index < -0.39 is 0 Å². The Morgan fingerprint density at radius 3 is 2.86 bits per heavy atom. The first-order valence-corrected chi connectivity index (χ1v) is 8.10. The van der Waals surface area contributed by atoms with E-state index >= 15 is 0 Å². The van der Waals surface area contributed by atoms with Crippen molar-refractivity contribution >= 4 is 11.0 Å². The van der Waals surface area contributed by atoms with Gasteiger partial charge in [0.2, 0.25) is 0 Å². The van der Waals surface area contributed by atoms with Gasteiger partial charge in [-0.25, -0.2) is 9.37 Å². The molecule has 1 aliphatic rings. The fraction of sp³-hybridized carbons (Fsp3) is 0.588. The van der Waals surface area contributed by atoms with Crippen molar-refractivity contribution in [1.82, 2.24) is 9.55 Å². The molecule has 1 unspecified atom stereocenters. The van der Waals surface area contributed by atoms with Gasteiger partial charge in [0, 0.05) is 12.5 Å². The number of aromatic nitrogens is 2. The predicted molar refractivity (Wildman–Crippen MR) is 83.7 cm³/mol. The molecule has 21 heavy (non-hydrogen) atoms. The van der Waals surface area contributed by atoms with Crippen LogP contribution in [0.25, 0.3) is 11.0 Å². The zero-order valence-electron chi connectivity index (χ0n) is 12.7. The molecule has 0 saturated heterocycles. The SMILES string of the molecule is CCC(CCN)CCc1nc2c(F)cccc2n1C1CC1. The molecule has 1 aromatic carbocycles. The summed E-state index contributed by atoms with van der Waals surface area (Å²) in [5.74, 6) is 1.49. The zero-order valence-corrected chi connectivity index (χ0v) is 12.7. The molecule has 0 radical (unpaired) electrons. The van der Waals surface area contributed by atoms with Gasteiger partial charge in [-0.05, 0) is 50.3 Å². The summed E-state index contributed by atoms with van der Waals surface area (Å²) in [7, 11) is 0. The number of hydrogen-bond donors (Lipinski definition) is 1. The summed E-state index contributed by atoms with van der Waals surface area (Å²) in [6.45, 7) is 2.95. The second-order valence-corrected chi connectivity index (χ2v) is 6.13. The maximum atomic E-state index is 14.0. The van der Waals surface area contributed by atoms with Gasteiger partial charge < -0.3 is 10.3 Å². The number of benzene rings is 1. The topological polar surface area (TPSA) is 43.8 Å². The first kappa shape index (κ1) is 14.5. The number of imidazole rings is 1. The van der Waals surface area contributed by atoms with Crippen LogP contribution >= 0.6 is 0 Å². The number of halogens is 1. The molecule has 114 valence electrons. The lowest BCUT2D eigenvalue weighted by atomic mass is 9.96. The van der Waals surface area contributed by atoms with E-state index in [1.54, 1.807) is 6.07 Å². The lowest BCUT2D eigenvalue weighted by molar-refractivity contribution is 0.435. The van der Waals surface area contributed by atoms with Crippen molar-refractivity contribution in [2.75, 3.05) is 6.54 Å². The number of nitrogens with zero attached hydrogens (tertiary/aromatic N) is 2. The van der Waals surface area contributed by atoms with Crippen LogP contribution in [0.3, 0.4) is 0 Å². The van der Waals surface area contributed by atoms with E-state index in [0.29, 0.717) is 17.5 Å². The highest BCUT2D eigenvalue weighted by atomic mass is 19.1. The smallest absolute Gasteiger partial charge is 0.151 e. The van der Waals surface area contributed by atoms with Gasteiger partial charge in [0.1, 0.15) is 11.3 Å². The van der Waals surface area contributed by atoms with Crippen LogP contribution in [0.1, 0.15) is 50.9 Å². The average molecular weight is 289 g/mol. The van der Waals surface area contributed by atoms with Crippen LogP contribution in [0.4, 0.5) is 4.39 Å². The molecule has 0 spiro atoms. The Hall–Kier alpha value is -1.42. The number of nitrogens with two attached hydrogens (primary N) is 1. The number of hydrogen-bond acceptors (Lipinski definition) is 2. The third-order valence-electron chi connectivity index (χ3n) is 4.58. The Morgan fingerprint density at radius 2 is 2.19 bits per heavy atom. The molecular weight excluding hydrogens is 265 g/mol. The highest BCUT2D eigenvalue weighted by Crippen LogP contribution is 2.39. The molecule has 1 fully saturated rings. The number of fused-ring (bicyclic) bond motifs is 1. The van der Waals surface area contributed by atoms with Crippen molar-refractivity contribution in [2.45, 2.75) is 51.5 Å². The molecule has 0 aliphatic heterocycles. The first-order chi connectivity index (χ1) is 10.2. The minimum absolute atomic E-state index is 0.206. The van der Waals surface area contributed by atoms with Gasteiger partial charge in [-0.3, -0.25) is 0 Å². The largest absolute Gasteiger partial charge is 0.330 e. The number of aryl methyl sites for hydroxylation is 1. The van der Waals surface area contributed by atoms with E-state index in [4.69, 9.17) is 5.73 Å². The summed E-state index contributed by atoms with van der Waals surface area (Å²) in [5, 5.41) is 0. The van der Waals surface area contributed by atoms with Gasteiger partial charge in [-0.15, -0.1) is 0 Å². The van der Waals surface area contributed by atoms with E-state index in [9.17, 15) is 4.39 Å². The van der Waals surface area contributed by atoms with Crippen molar-refractivity contribution in [1.29, 1.82) is 0 Å². The molecule has 1 saturated carbocycles. The summed E-state index contributed by atoms with van der Waals surface area (Å²) in [6, 6.07) is 5.80. The third-order valence-corrected chi connectivity index (χ3v) is 4.58. The monoisotopic (exact) mass is 289 g/mol. The fourth-order valence-corrected chi connectivity index (χ4v) is 3.17. The molecule has 1 aliphatic carbocycles. The highest BCUT2D eigenvalue weighted by molar-refractivity contribution is 5.77. The van der Waals surface area contributed by atoms with Gasteiger partial charge in [-0.1, -0.05) is 19.4 Å². The third kappa shape index (κ3) is 2.95. The Balaban J connectivity index is 1.87. The standard InChI is InChI=1S/C17H24FN3/c1-2-12(10-11-19)6-9-16-20-17-14(18)4-3-5-15(17)21(16)13-7-8-13/h3-5,12-13H,2,6-11,19H2,1H3. The van der Waals surface area contributed by atoms with Gasteiger partial charge in [0.05, 0.1) is 5.52 Å². The second kappa shape index (κ2) is 6.14. The molecule has 3 nitrogen and oxygen atoms in total. The Labute approximate surface area is 125 Å². The van der Waals surface area contributed by atoms with E-state index in [0.717, 1.165) is 43.6 Å².